The molecular weight excluding hydrogens is 909 g/mol. The number of nitrogens with one attached hydrogen (secondary N) is 2. The first-order valence-corrected chi connectivity index (χ1v) is 25.9. The van der Waals surface area contributed by atoms with Crippen LogP contribution in [0, 0.1) is 23.7 Å². The van der Waals surface area contributed by atoms with E-state index in [2.05, 4.69) is 66.7 Å². The van der Waals surface area contributed by atoms with Crippen LogP contribution >= 0.6 is 0 Å². The van der Waals surface area contributed by atoms with Crippen LogP contribution in [0.2, 0.25) is 0 Å². The molecule has 1 unspecified atom stereocenters. The van der Waals surface area contributed by atoms with Crippen LogP contribution in [-0.4, -0.2) is 170 Å². The second-order valence-electron chi connectivity index (χ2n) is 21.4. The number of likely N-dealkylation sites (tertiary alicyclic amines) is 2. The molecule has 4 aromatic heterocycles. The summed E-state index contributed by atoms with van der Waals surface area (Å²) in [7, 11) is 8.08. The number of hydrogen-bond acceptors (Lipinski definition) is 14. The highest BCUT2D eigenvalue weighted by molar-refractivity contribution is 5.95. The minimum absolute atomic E-state index is 0.0590. The Morgan fingerprint density at radius 2 is 0.972 bits per heavy atom. The van der Waals surface area contributed by atoms with Crippen LogP contribution in [0.25, 0.3) is 11.3 Å². The van der Waals surface area contributed by atoms with Crippen LogP contribution < -0.4 is 20.4 Å². The Bertz CT molecular complexity index is 2880. The number of benzene rings is 2. The number of nitrogens with zero attached hydrogens (tertiary/aromatic N) is 12. The highest BCUT2D eigenvalue weighted by atomic mass is 16.3. The number of hydrogen-bond donors (Lipinski definition) is 3. The molecule has 2 saturated carbocycles. The molecule has 2 aromatic carbocycles. The SMILES string of the molecule is CN1CCC(N(C)C(=O)c2ccc(Nc3nc4c(N5C[C@H]6CC(=O)C[C@H]6C5)cccn4n3)cc2)CC1.CN1CCC(N(C)C(=O)c2ccc(Nc3nc4c(N5C[C@H]6CC(O)C[C@H]6C5)cccn4n3)cc2)CC1. The number of carbonyl (C=O) groups excluding carboxylic acids is 3. The summed E-state index contributed by atoms with van der Waals surface area (Å²) in [6, 6.07) is 23.9. The number of aromatic nitrogens is 6. The Morgan fingerprint density at radius 1 is 0.583 bits per heavy atom. The number of piperidine rings is 2. The number of carbonyl (C=O) groups is 3. The van der Waals surface area contributed by atoms with Crippen LogP contribution in [0.4, 0.5) is 34.6 Å². The van der Waals surface area contributed by atoms with Crippen molar-refractivity contribution in [2.45, 2.75) is 69.6 Å². The molecule has 2 amide bonds. The quantitative estimate of drug-likeness (QED) is 0.148. The average molecular weight is 977 g/mol. The van der Waals surface area contributed by atoms with Gasteiger partial charge in [0.05, 0.1) is 17.5 Å². The molecule has 18 heteroatoms. The third-order valence-electron chi connectivity index (χ3n) is 16.5. The van der Waals surface area contributed by atoms with E-state index in [1.807, 2.05) is 101 Å². The molecule has 5 atom stereocenters. The third-order valence-corrected chi connectivity index (χ3v) is 16.5. The Hall–Kier alpha value is -6.63. The molecule has 4 aliphatic heterocycles. The molecular formula is C54H68N14O4. The zero-order valence-corrected chi connectivity index (χ0v) is 42.0. The molecule has 378 valence electrons. The minimum atomic E-state index is -0.141. The maximum atomic E-state index is 13.0. The number of anilines is 6. The summed E-state index contributed by atoms with van der Waals surface area (Å²) < 4.78 is 3.61. The minimum Gasteiger partial charge on any atom is -0.393 e. The highest BCUT2D eigenvalue weighted by Gasteiger charge is 2.42. The highest BCUT2D eigenvalue weighted by Crippen LogP contribution is 2.41. The molecule has 6 fully saturated rings. The van der Waals surface area contributed by atoms with Gasteiger partial charge in [0, 0.05) is 100 Å². The molecule has 6 aliphatic rings. The van der Waals surface area contributed by atoms with Crippen molar-refractivity contribution in [3.8, 4) is 0 Å². The molecule has 8 heterocycles. The molecule has 6 aromatic rings. The standard InChI is InChI=1S/C27H35N7O2.C27H33N7O2/c2*1-31-12-9-22(10-13-31)32(2)26(36)18-5-7-21(8-6-18)28-27-29-25-24(4-3-11-34(25)30-27)33-16-19-14-23(35)15-20(19)17-33/h3-8,11,19-20,22-23,35H,9-10,12-17H2,1-2H3,(H,28,30);3-8,11,19-20,22H,9-10,12-17H2,1-2H3,(H,28,30)/t19-,20+,23?;19-,20+. The zero-order valence-electron chi connectivity index (χ0n) is 42.0. The van der Waals surface area contributed by atoms with Gasteiger partial charge in [-0.05, 0) is 175 Å². The second kappa shape index (κ2) is 20.1. The lowest BCUT2D eigenvalue weighted by Crippen LogP contribution is -2.44. The van der Waals surface area contributed by atoms with E-state index in [1.165, 1.54) is 0 Å². The van der Waals surface area contributed by atoms with Crippen LogP contribution in [0.5, 0.6) is 0 Å². The molecule has 18 nitrogen and oxygen atoms in total. The third kappa shape index (κ3) is 9.95. The van der Waals surface area contributed by atoms with Gasteiger partial charge in [0.25, 0.3) is 11.8 Å². The van der Waals surface area contributed by atoms with Gasteiger partial charge in [0.2, 0.25) is 11.9 Å². The van der Waals surface area contributed by atoms with Gasteiger partial charge < -0.3 is 45.1 Å². The lowest BCUT2D eigenvalue weighted by atomic mass is 10.0. The molecule has 72 heavy (non-hydrogen) atoms. The van der Waals surface area contributed by atoms with Crippen LogP contribution in [0.15, 0.2) is 85.2 Å². The molecule has 0 radical (unpaired) electrons. The van der Waals surface area contributed by atoms with Gasteiger partial charge in [0.15, 0.2) is 11.3 Å². The van der Waals surface area contributed by atoms with Crippen LogP contribution in [-0.2, 0) is 4.79 Å². The number of aliphatic hydroxyl groups is 1. The van der Waals surface area contributed by atoms with Crippen LogP contribution in [0.3, 0.4) is 0 Å². The number of rotatable bonds is 10. The first kappa shape index (κ1) is 47.7. The number of ketones is 1. The Morgan fingerprint density at radius 3 is 1.38 bits per heavy atom. The van der Waals surface area contributed by atoms with E-state index < -0.39 is 0 Å². The Labute approximate surface area is 421 Å². The van der Waals surface area contributed by atoms with Crippen molar-refractivity contribution < 1.29 is 19.5 Å². The molecule has 12 rings (SSSR count). The molecule has 0 spiro atoms. The molecule has 2 aliphatic carbocycles. The lowest BCUT2D eigenvalue weighted by Gasteiger charge is -2.35. The summed E-state index contributed by atoms with van der Waals surface area (Å²) >= 11 is 0. The van der Waals surface area contributed by atoms with E-state index in [4.69, 9.17) is 9.97 Å². The Kier molecular flexibility index (Phi) is 13.3. The van der Waals surface area contributed by atoms with Crippen molar-refractivity contribution in [1.82, 2.24) is 48.8 Å². The van der Waals surface area contributed by atoms with E-state index in [-0.39, 0.29) is 17.9 Å². The van der Waals surface area contributed by atoms with E-state index in [0.29, 0.717) is 77.4 Å². The maximum absolute atomic E-state index is 13.0. The summed E-state index contributed by atoms with van der Waals surface area (Å²) in [5.74, 6) is 3.59. The number of amides is 2. The van der Waals surface area contributed by atoms with E-state index in [0.717, 1.165) is 125 Å². The lowest BCUT2D eigenvalue weighted by molar-refractivity contribution is -0.117. The van der Waals surface area contributed by atoms with Gasteiger partial charge in [0.1, 0.15) is 5.78 Å². The topological polar surface area (TPSA) is 175 Å². The van der Waals surface area contributed by atoms with Crippen molar-refractivity contribution >= 4 is 63.5 Å². The summed E-state index contributed by atoms with van der Waals surface area (Å²) in [4.78, 5) is 60.5. The second-order valence-corrected chi connectivity index (χ2v) is 21.4. The van der Waals surface area contributed by atoms with E-state index in [1.54, 1.807) is 4.52 Å². The van der Waals surface area contributed by atoms with Gasteiger partial charge in [-0.1, -0.05) is 0 Å². The first-order chi connectivity index (χ1) is 34.9. The van der Waals surface area contributed by atoms with Gasteiger partial charge in [-0.3, -0.25) is 14.4 Å². The molecule has 0 bridgehead atoms. The number of fused-ring (bicyclic) bond motifs is 4. The predicted octanol–water partition coefficient (Wildman–Crippen LogP) is 5.90. The van der Waals surface area contributed by atoms with Gasteiger partial charge in [-0.2, -0.15) is 9.97 Å². The number of pyridine rings is 2. The van der Waals surface area contributed by atoms with E-state index in [9.17, 15) is 19.5 Å². The molecule has 4 saturated heterocycles. The maximum Gasteiger partial charge on any atom is 0.253 e. The largest absolute Gasteiger partial charge is 0.393 e. The fourth-order valence-electron chi connectivity index (χ4n) is 12.3. The number of Topliss-reactive ketones (excluding diaryl/α,β-unsaturated/α-hetero) is 1. The fraction of sp³-hybridized carbons (Fsp3) is 0.500. The van der Waals surface area contributed by atoms with Crippen molar-refractivity contribution in [2.24, 2.45) is 23.7 Å². The van der Waals surface area contributed by atoms with E-state index >= 15 is 0 Å². The summed E-state index contributed by atoms with van der Waals surface area (Å²) in [6.07, 6.45) is 10.9. The van der Waals surface area contributed by atoms with Gasteiger partial charge in [-0.25, -0.2) is 9.03 Å². The average Bonchev–Trinajstić information content (AvgIpc) is 4.25. The summed E-state index contributed by atoms with van der Waals surface area (Å²) in [5.41, 5.74) is 6.82. The summed E-state index contributed by atoms with van der Waals surface area (Å²) in [6.45, 7) is 7.81. The smallest absolute Gasteiger partial charge is 0.253 e. The normalized spacial score (nSPS) is 23.8. The van der Waals surface area contributed by atoms with Crippen molar-refractivity contribution in [3.05, 3.63) is 96.3 Å². The predicted molar refractivity (Wildman–Crippen MR) is 279 cm³/mol. The number of aliphatic hydroxyl groups excluding tert-OH is 1. The zero-order chi connectivity index (χ0) is 49.6. The van der Waals surface area contributed by atoms with Crippen molar-refractivity contribution in [3.63, 3.8) is 0 Å². The molecule has 3 N–H and O–H groups in total. The Balaban J connectivity index is 0.000000156. The van der Waals surface area contributed by atoms with Crippen molar-refractivity contribution in [1.29, 1.82) is 0 Å². The van der Waals surface area contributed by atoms with Gasteiger partial charge >= 0.3 is 0 Å². The fourth-order valence-corrected chi connectivity index (χ4v) is 12.3. The van der Waals surface area contributed by atoms with Crippen LogP contribution in [0.1, 0.15) is 72.1 Å². The van der Waals surface area contributed by atoms with Gasteiger partial charge in [-0.15, -0.1) is 10.2 Å². The van der Waals surface area contributed by atoms with Crippen molar-refractivity contribution in [2.75, 3.05) is 101 Å². The first-order valence-electron chi connectivity index (χ1n) is 25.9. The summed E-state index contributed by atoms with van der Waals surface area (Å²) in [5, 5.41) is 25.8. The monoisotopic (exact) mass is 977 g/mol.